The Morgan fingerprint density at radius 2 is 2.10 bits per heavy atom. The van der Waals surface area contributed by atoms with Gasteiger partial charge in [0, 0.05) is 18.1 Å². The summed E-state index contributed by atoms with van der Waals surface area (Å²) in [5.74, 6) is -1.30. The highest BCUT2D eigenvalue weighted by Crippen LogP contribution is 2.33. The van der Waals surface area contributed by atoms with Crippen LogP contribution in [0.2, 0.25) is 0 Å². The molecule has 20 heavy (non-hydrogen) atoms. The molecule has 0 aliphatic carbocycles. The van der Waals surface area contributed by atoms with Crippen LogP contribution in [0.15, 0.2) is 18.2 Å². The Morgan fingerprint density at radius 1 is 1.40 bits per heavy atom. The van der Waals surface area contributed by atoms with Crippen LogP contribution >= 0.6 is 11.8 Å². The first-order valence-electron chi connectivity index (χ1n) is 5.74. The molecule has 0 bridgehead atoms. The fourth-order valence-corrected chi connectivity index (χ4v) is 3.05. The van der Waals surface area contributed by atoms with Gasteiger partial charge < -0.3 is 10.0 Å². The Morgan fingerprint density at radius 3 is 2.65 bits per heavy atom. The average Bonchev–Trinajstić information content (AvgIpc) is 2.37. The summed E-state index contributed by atoms with van der Waals surface area (Å²) in [6.07, 6.45) is -4.62. The molecule has 0 radical (unpaired) electrons. The van der Waals surface area contributed by atoms with Gasteiger partial charge in [0.05, 0.1) is 11.3 Å². The first-order valence-corrected chi connectivity index (χ1v) is 6.90. The highest BCUT2D eigenvalue weighted by molar-refractivity contribution is 7.99. The van der Waals surface area contributed by atoms with Gasteiger partial charge in [0.2, 0.25) is 0 Å². The number of aliphatic carboxylic acids is 1. The van der Waals surface area contributed by atoms with Crippen molar-refractivity contribution >= 4 is 23.4 Å². The predicted molar refractivity (Wildman–Crippen MR) is 67.5 cm³/mol. The molecule has 1 aliphatic heterocycles. The van der Waals surface area contributed by atoms with E-state index in [1.54, 1.807) is 0 Å². The Bertz CT molecular complexity index is 521. The van der Waals surface area contributed by atoms with Crippen LogP contribution in [-0.4, -0.2) is 35.2 Å². The topological polar surface area (TPSA) is 40.5 Å². The second kappa shape index (κ2) is 5.51. The first-order chi connectivity index (χ1) is 9.30. The van der Waals surface area contributed by atoms with Crippen molar-refractivity contribution in [1.82, 2.24) is 0 Å². The monoisotopic (exact) mass is 309 g/mol. The van der Waals surface area contributed by atoms with Gasteiger partial charge >= 0.3 is 12.1 Å². The maximum Gasteiger partial charge on any atom is 0.416 e. The molecule has 0 aromatic heterocycles. The highest BCUT2D eigenvalue weighted by Gasteiger charge is 2.34. The molecule has 1 saturated heterocycles. The van der Waals surface area contributed by atoms with E-state index in [9.17, 15) is 22.4 Å². The lowest BCUT2D eigenvalue weighted by molar-refractivity contribution is -0.139. The summed E-state index contributed by atoms with van der Waals surface area (Å²) < 4.78 is 51.3. The van der Waals surface area contributed by atoms with Crippen LogP contribution in [0, 0.1) is 5.82 Å². The van der Waals surface area contributed by atoms with Crippen LogP contribution in [0.5, 0.6) is 0 Å². The molecule has 8 heteroatoms. The summed E-state index contributed by atoms with van der Waals surface area (Å²) >= 11 is 1.42. The van der Waals surface area contributed by atoms with Crippen molar-refractivity contribution in [1.29, 1.82) is 0 Å². The lowest BCUT2D eigenvalue weighted by Gasteiger charge is -2.34. The molecule has 110 valence electrons. The lowest BCUT2D eigenvalue weighted by Crippen LogP contribution is -2.47. The standard InChI is InChI=1S/C12H11F4NO2S/c13-8-5-7(12(14,15)16)1-2-9(8)17-3-4-20-6-10(17)11(18)19/h1-2,5,10H,3-4,6H2,(H,18,19). The van der Waals surface area contributed by atoms with E-state index in [2.05, 4.69) is 0 Å². The number of rotatable bonds is 2. The Kier molecular flexibility index (Phi) is 4.12. The average molecular weight is 309 g/mol. The maximum atomic E-state index is 13.9. The van der Waals surface area contributed by atoms with Gasteiger partial charge in [-0.3, -0.25) is 0 Å². The van der Waals surface area contributed by atoms with Crippen LogP contribution in [0.25, 0.3) is 0 Å². The van der Waals surface area contributed by atoms with Crippen LogP contribution < -0.4 is 4.90 Å². The molecule has 1 N–H and O–H groups in total. The zero-order chi connectivity index (χ0) is 14.9. The van der Waals surface area contributed by atoms with Gasteiger partial charge in [-0.15, -0.1) is 0 Å². The number of nitrogens with zero attached hydrogens (tertiary/aromatic N) is 1. The molecule has 1 heterocycles. The van der Waals surface area contributed by atoms with E-state index >= 15 is 0 Å². The number of carboxylic acid groups (broad SMARTS) is 1. The van der Waals surface area contributed by atoms with Gasteiger partial charge in [0.1, 0.15) is 11.9 Å². The van der Waals surface area contributed by atoms with Gasteiger partial charge in [0.25, 0.3) is 0 Å². The fourth-order valence-electron chi connectivity index (χ4n) is 2.01. The fraction of sp³-hybridized carbons (Fsp3) is 0.417. The minimum atomic E-state index is -4.62. The molecular weight excluding hydrogens is 298 g/mol. The van der Waals surface area contributed by atoms with Crippen molar-refractivity contribution in [2.75, 3.05) is 23.0 Å². The number of thioether (sulfide) groups is 1. The van der Waals surface area contributed by atoms with E-state index in [0.717, 1.165) is 12.1 Å². The summed E-state index contributed by atoms with van der Waals surface area (Å²) in [6.45, 7) is 0.282. The van der Waals surface area contributed by atoms with Crippen molar-refractivity contribution in [3.63, 3.8) is 0 Å². The lowest BCUT2D eigenvalue weighted by atomic mass is 10.1. The smallest absolute Gasteiger partial charge is 0.416 e. The molecule has 0 saturated carbocycles. The van der Waals surface area contributed by atoms with Gasteiger partial charge in [-0.2, -0.15) is 24.9 Å². The zero-order valence-corrected chi connectivity index (χ0v) is 11.0. The number of carboxylic acids is 1. The van der Waals surface area contributed by atoms with E-state index in [0.29, 0.717) is 11.8 Å². The van der Waals surface area contributed by atoms with Crippen molar-refractivity contribution in [2.24, 2.45) is 0 Å². The number of anilines is 1. The van der Waals surface area contributed by atoms with E-state index in [-0.39, 0.29) is 18.0 Å². The largest absolute Gasteiger partial charge is 0.480 e. The molecule has 1 aromatic carbocycles. The minimum Gasteiger partial charge on any atom is -0.480 e. The van der Waals surface area contributed by atoms with Crippen molar-refractivity contribution in [3.05, 3.63) is 29.6 Å². The summed E-state index contributed by atoms with van der Waals surface area (Å²) in [7, 11) is 0. The third-order valence-electron chi connectivity index (χ3n) is 3.00. The normalized spacial score (nSPS) is 20.0. The first kappa shape index (κ1) is 15.0. The second-order valence-electron chi connectivity index (χ2n) is 4.29. The predicted octanol–water partition coefficient (Wildman–Crippen LogP) is 2.85. The molecule has 3 nitrogen and oxygen atoms in total. The Balaban J connectivity index is 2.34. The molecule has 2 rings (SSSR count). The van der Waals surface area contributed by atoms with Gasteiger partial charge in [-0.25, -0.2) is 9.18 Å². The van der Waals surface area contributed by atoms with Crippen molar-refractivity contribution in [2.45, 2.75) is 12.2 Å². The van der Waals surface area contributed by atoms with E-state index in [1.807, 2.05) is 0 Å². The van der Waals surface area contributed by atoms with Crippen LogP contribution in [0.3, 0.4) is 0 Å². The molecule has 1 fully saturated rings. The molecule has 1 aromatic rings. The number of halogens is 4. The highest BCUT2D eigenvalue weighted by atomic mass is 32.2. The number of hydrogen-bond acceptors (Lipinski definition) is 3. The van der Waals surface area contributed by atoms with Crippen LogP contribution in [0.4, 0.5) is 23.2 Å². The van der Waals surface area contributed by atoms with E-state index < -0.39 is 29.6 Å². The number of hydrogen-bond donors (Lipinski definition) is 1. The maximum absolute atomic E-state index is 13.9. The van der Waals surface area contributed by atoms with Gasteiger partial charge in [-0.05, 0) is 18.2 Å². The second-order valence-corrected chi connectivity index (χ2v) is 5.44. The van der Waals surface area contributed by atoms with E-state index in [4.69, 9.17) is 5.11 Å². The molecule has 0 spiro atoms. The molecule has 1 unspecified atom stereocenters. The van der Waals surface area contributed by atoms with Crippen LogP contribution in [-0.2, 0) is 11.0 Å². The Labute approximate surface area is 116 Å². The van der Waals surface area contributed by atoms with Crippen LogP contribution in [0.1, 0.15) is 5.56 Å². The molecule has 0 amide bonds. The number of carbonyl (C=O) groups is 1. The third-order valence-corrected chi connectivity index (χ3v) is 4.02. The Hall–Kier alpha value is -1.44. The summed E-state index contributed by atoms with van der Waals surface area (Å²) in [6, 6.07) is 1.22. The quantitative estimate of drug-likeness (QED) is 0.853. The molecular formula is C12H11F4NO2S. The third kappa shape index (κ3) is 3.00. The zero-order valence-electron chi connectivity index (χ0n) is 10.2. The molecule has 1 atom stereocenters. The number of alkyl halides is 3. The summed E-state index contributed by atoms with van der Waals surface area (Å²) in [5.41, 5.74) is -1.19. The van der Waals surface area contributed by atoms with Crippen molar-refractivity contribution in [3.8, 4) is 0 Å². The SMILES string of the molecule is O=C(O)C1CSCCN1c1ccc(C(F)(F)F)cc1F. The molecule has 1 aliphatic rings. The van der Waals surface area contributed by atoms with E-state index in [1.165, 1.54) is 16.7 Å². The minimum absolute atomic E-state index is 0.106. The summed E-state index contributed by atoms with van der Waals surface area (Å²) in [4.78, 5) is 12.4. The van der Waals surface area contributed by atoms with Crippen molar-refractivity contribution < 1.29 is 27.5 Å². The van der Waals surface area contributed by atoms with Gasteiger partial charge in [-0.1, -0.05) is 0 Å². The number of benzene rings is 1. The summed E-state index contributed by atoms with van der Waals surface area (Å²) in [5, 5.41) is 9.09. The van der Waals surface area contributed by atoms with Gasteiger partial charge in [0.15, 0.2) is 0 Å².